The van der Waals surface area contributed by atoms with Crippen molar-refractivity contribution >= 4 is 17.5 Å². The average molecular weight is 403 g/mol. The summed E-state index contributed by atoms with van der Waals surface area (Å²) in [6.45, 7) is 0.806. The second-order valence-electron chi connectivity index (χ2n) is 6.91. The molecule has 0 heterocycles. The normalized spacial score (nSPS) is 10.5. The Balaban J connectivity index is 1.57. The molecule has 0 aliphatic heterocycles. The maximum absolute atomic E-state index is 12.5. The molecule has 3 aromatic rings. The Morgan fingerprint density at radius 2 is 1.57 bits per heavy atom. The highest BCUT2D eigenvalue weighted by atomic mass is 16.5. The monoisotopic (exact) mass is 403 g/mol. The second kappa shape index (κ2) is 10.2. The molecule has 154 valence electrons. The van der Waals surface area contributed by atoms with E-state index in [0.717, 1.165) is 5.56 Å². The lowest BCUT2D eigenvalue weighted by Gasteiger charge is -2.17. The van der Waals surface area contributed by atoms with Gasteiger partial charge in [-0.25, -0.2) is 0 Å². The van der Waals surface area contributed by atoms with Crippen LogP contribution in [0.2, 0.25) is 0 Å². The molecule has 0 atom stereocenters. The number of nitrogens with zero attached hydrogens (tertiary/aromatic N) is 1. The van der Waals surface area contributed by atoms with Gasteiger partial charge >= 0.3 is 0 Å². The van der Waals surface area contributed by atoms with E-state index in [2.05, 4.69) is 10.6 Å². The van der Waals surface area contributed by atoms with E-state index in [0.29, 0.717) is 29.3 Å². The van der Waals surface area contributed by atoms with E-state index in [1.54, 1.807) is 19.2 Å². The van der Waals surface area contributed by atoms with Gasteiger partial charge in [-0.05, 0) is 49.0 Å². The van der Waals surface area contributed by atoms with E-state index >= 15 is 0 Å². The number of benzene rings is 3. The molecule has 0 unspecified atom stereocenters. The Labute approximate surface area is 176 Å². The van der Waals surface area contributed by atoms with E-state index < -0.39 is 0 Å². The molecule has 0 fully saturated rings. The van der Waals surface area contributed by atoms with Crippen LogP contribution in [-0.4, -0.2) is 37.4 Å². The zero-order valence-electron chi connectivity index (χ0n) is 17.1. The third-order valence-corrected chi connectivity index (χ3v) is 4.44. The van der Waals surface area contributed by atoms with Gasteiger partial charge in [-0.3, -0.25) is 14.5 Å². The summed E-state index contributed by atoms with van der Waals surface area (Å²) in [7, 11) is 3.48. The van der Waals surface area contributed by atoms with Crippen molar-refractivity contribution in [2.75, 3.05) is 26.0 Å². The highest BCUT2D eigenvalue weighted by molar-refractivity contribution is 5.94. The van der Waals surface area contributed by atoms with Crippen molar-refractivity contribution < 1.29 is 14.3 Å². The molecule has 2 amide bonds. The van der Waals surface area contributed by atoms with Crippen LogP contribution >= 0.6 is 0 Å². The first-order valence-corrected chi connectivity index (χ1v) is 9.66. The molecule has 3 aromatic carbocycles. The van der Waals surface area contributed by atoms with E-state index in [-0.39, 0.29) is 18.4 Å². The fourth-order valence-electron chi connectivity index (χ4n) is 2.98. The van der Waals surface area contributed by atoms with Crippen LogP contribution in [0.15, 0.2) is 78.9 Å². The van der Waals surface area contributed by atoms with Gasteiger partial charge in [-0.2, -0.15) is 0 Å². The number of para-hydroxylation sites is 3. The molecular weight excluding hydrogens is 378 g/mol. The number of rotatable bonds is 8. The molecule has 6 nitrogen and oxygen atoms in total. The summed E-state index contributed by atoms with van der Waals surface area (Å²) in [5.41, 5.74) is 2.25. The number of hydrogen-bond acceptors (Lipinski definition) is 4. The molecular formula is C24H25N3O3. The minimum atomic E-state index is -0.136. The van der Waals surface area contributed by atoms with Crippen LogP contribution in [0.5, 0.6) is 11.5 Å². The number of anilines is 1. The van der Waals surface area contributed by atoms with Crippen molar-refractivity contribution in [2.45, 2.75) is 6.54 Å². The Kier molecular flexibility index (Phi) is 7.19. The van der Waals surface area contributed by atoms with Gasteiger partial charge in [0.05, 0.1) is 12.2 Å². The SMILES string of the molecule is CNC(=O)c1ccc(CN(C)CC(=O)Nc2ccccc2Oc2ccccc2)cc1. The van der Waals surface area contributed by atoms with Gasteiger partial charge in [0.15, 0.2) is 5.75 Å². The molecule has 0 saturated carbocycles. The highest BCUT2D eigenvalue weighted by Crippen LogP contribution is 2.29. The summed E-state index contributed by atoms with van der Waals surface area (Å²) in [6, 6.07) is 24.1. The lowest BCUT2D eigenvalue weighted by atomic mass is 10.1. The predicted octanol–water partition coefficient (Wildman–Crippen LogP) is 3.91. The number of amides is 2. The minimum absolute atomic E-state index is 0.120. The first kappa shape index (κ1) is 21.1. The minimum Gasteiger partial charge on any atom is -0.455 e. The van der Waals surface area contributed by atoms with Crippen molar-refractivity contribution in [3.05, 3.63) is 90.0 Å². The van der Waals surface area contributed by atoms with Gasteiger partial charge in [0, 0.05) is 19.2 Å². The maximum atomic E-state index is 12.5. The maximum Gasteiger partial charge on any atom is 0.251 e. The zero-order chi connectivity index (χ0) is 21.3. The third-order valence-electron chi connectivity index (χ3n) is 4.44. The predicted molar refractivity (Wildman–Crippen MR) is 118 cm³/mol. The molecule has 0 aliphatic rings. The van der Waals surface area contributed by atoms with E-state index in [1.165, 1.54) is 0 Å². The molecule has 3 rings (SSSR count). The van der Waals surface area contributed by atoms with Gasteiger partial charge in [-0.1, -0.05) is 42.5 Å². The summed E-state index contributed by atoms with van der Waals surface area (Å²) in [6.07, 6.45) is 0. The molecule has 0 aliphatic carbocycles. The molecule has 0 saturated heterocycles. The molecule has 0 aromatic heterocycles. The molecule has 6 heteroatoms. The van der Waals surface area contributed by atoms with Gasteiger partial charge < -0.3 is 15.4 Å². The summed E-state index contributed by atoms with van der Waals surface area (Å²) >= 11 is 0. The Morgan fingerprint density at radius 3 is 2.27 bits per heavy atom. The number of ether oxygens (including phenoxy) is 1. The lowest BCUT2D eigenvalue weighted by molar-refractivity contribution is -0.117. The molecule has 0 radical (unpaired) electrons. The van der Waals surface area contributed by atoms with Gasteiger partial charge in [0.25, 0.3) is 5.91 Å². The van der Waals surface area contributed by atoms with Crippen molar-refractivity contribution in [2.24, 2.45) is 0 Å². The Bertz CT molecular complexity index is 988. The van der Waals surface area contributed by atoms with E-state index in [9.17, 15) is 9.59 Å². The second-order valence-corrected chi connectivity index (χ2v) is 6.91. The summed E-state index contributed by atoms with van der Waals surface area (Å²) < 4.78 is 5.89. The van der Waals surface area contributed by atoms with Gasteiger partial charge in [0.2, 0.25) is 5.91 Å². The Morgan fingerprint density at radius 1 is 0.900 bits per heavy atom. The first-order chi connectivity index (χ1) is 14.5. The van der Waals surface area contributed by atoms with Gasteiger partial charge in [-0.15, -0.1) is 0 Å². The molecule has 0 spiro atoms. The van der Waals surface area contributed by atoms with Crippen molar-refractivity contribution in [1.82, 2.24) is 10.2 Å². The average Bonchev–Trinajstić information content (AvgIpc) is 2.75. The van der Waals surface area contributed by atoms with E-state index in [4.69, 9.17) is 4.74 Å². The molecule has 30 heavy (non-hydrogen) atoms. The zero-order valence-corrected chi connectivity index (χ0v) is 17.1. The number of nitrogens with one attached hydrogen (secondary N) is 2. The van der Waals surface area contributed by atoms with Crippen LogP contribution in [0.3, 0.4) is 0 Å². The lowest BCUT2D eigenvalue weighted by Crippen LogP contribution is -2.30. The third kappa shape index (κ3) is 5.93. The van der Waals surface area contributed by atoms with E-state index in [1.807, 2.05) is 78.7 Å². The van der Waals surface area contributed by atoms with Crippen LogP contribution in [0.1, 0.15) is 15.9 Å². The van der Waals surface area contributed by atoms with Crippen LogP contribution in [0, 0.1) is 0 Å². The first-order valence-electron chi connectivity index (χ1n) is 9.66. The Hall–Kier alpha value is -3.64. The highest BCUT2D eigenvalue weighted by Gasteiger charge is 2.11. The van der Waals surface area contributed by atoms with Crippen LogP contribution in [0.25, 0.3) is 0 Å². The van der Waals surface area contributed by atoms with Crippen LogP contribution in [0.4, 0.5) is 5.69 Å². The largest absolute Gasteiger partial charge is 0.455 e. The number of likely N-dealkylation sites (N-methyl/N-ethyl adjacent to an activating group) is 1. The summed E-state index contributed by atoms with van der Waals surface area (Å²) in [5, 5.41) is 5.52. The fourth-order valence-corrected chi connectivity index (χ4v) is 2.98. The van der Waals surface area contributed by atoms with Gasteiger partial charge in [0.1, 0.15) is 5.75 Å². The quantitative estimate of drug-likeness (QED) is 0.598. The number of carbonyl (C=O) groups is 2. The summed E-state index contributed by atoms with van der Waals surface area (Å²) in [5.74, 6) is 1.04. The standard InChI is InChI=1S/C24H25N3O3/c1-25-24(29)19-14-12-18(13-15-19)16-27(2)17-23(28)26-21-10-6-7-11-22(21)30-20-8-4-3-5-9-20/h3-15H,16-17H2,1-2H3,(H,25,29)(H,26,28). The topological polar surface area (TPSA) is 70.7 Å². The number of hydrogen-bond donors (Lipinski definition) is 2. The summed E-state index contributed by atoms with van der Waals surface area (Å²) in [4.78, 5) is 26.1. The van der Waals surface area contributed by atoms with Crippen molar-refractivity contribution in [3.63, 3.8) is 0 Å². The number of carbonyl (C=O) groups excluding carboxylic acids is 2. The van der Waals surface area contributed by atoms with Crippen molar-refractivity contribution in [1.29, 1.82) is 0 Å². The fraction of sp³-hybridized carbons (Fsp3) is 0.167. The van der Waals surface area contributed by atoms with Crippen LogP contribution < -0.4 is 15.4 Å². The van der Waals surface area contributed by atoms with Crippen molar-refractivity contribution in [3.8, 4) is 11.5 Å². The molecule has 0 bridgehead atoms. The molecule has 2 N–H and O–H groups in total. The van der Waals surface area contributed by atoms with Crippen LogP contribution in [-0.2, 0) is 11.3 Å². The smallest absolute Gasteiger partial charge is 0.251 e.